The fourth-order valence-electron chi connectivity index (χ4n) is 5.30. The molecule has 3 unspecified atom stereocenters. The van der Waals surface area contributed by atoms with Gasteiger partial charge in [-0.15, -0.1) is 0 Å². The molecule has 3 atom stereocenters. The Balaban J connectivity index is 3.93. The zero-order valence-corrected chi connectivity index (χ0v) is 34.4. The van der Waals surface area contributed by atoms with E-state index in [0.717, 1.165) is 89.9 Å². The van der Waals surface area contributed by atoms with E-state index in [1.54, 1.807) is 0 Å². The Morgan fingerprint density at radius 3 is 1.59 bits per heavy atom. The molecule has 0 spiro atoms. The van der Waals surface area contributed by atoms with Crippen molar-refractivity contribution in [2.45, 2.75) is 180 Å². The zero-order chi connectivity index (χ0) is 40.0. The van der Waals surface area contributed by atoms with E-state index in [0.29, 0.717) is 12.8 Å². The first-order valence-corrected chi connectivity index (χ1v) is 22.2. The molecule has 0 radical (unpaired) electrons. The number of carbonyl (C=O) groups is 3. The maximum atomic E-state index is 12.2. The van der Waals surface area contributed by atoms with E-state index in [1.807, 2.05) is 0 Å². The van der Waals surface area contributed by atoms with Crippen molar-refractivity contribution in [1.82, 2.24) is 5.32 Å². The molecule has 0 saturated heterocycles. The van der Waals surface area contributed by atoms with Gasteiger partial charge in [-0.1, -0.05) is 133 Å². The fraction of sp³-hybridized carbons (Fsp3) is 0.738. The van der Waals surface area contributed by atoms with Crippen LogP contribution in [0.15, 0.2) is 48.6 Å². The topological polar surface area (TPSA) is 169 Å². The van der Waals surface area contributed by atoms with Gasteiger partial charge >= 0.3 is 19.8 Å². The first-order valence-electron chi connectivity index (χ1n) is 20.7. The van der Waals surface area contributed by atoms with E-state index in [2.05, 4.69) is 67.8 Å². The number of aliphatic hydroxyl groups excluding tert-OH is 1. The van der Waals surface area contributed by atoms with Gasteiger partial charge < -0.3 is 25.2 Å². The second kappa shape index (κ2) is 37.4. The molecule has 0 aliphatic rings. The second-order valence-corrected chi connectivity index (χ2v) is 15.3. The molecule has 11 nitrogen and oxygen atoms in total. The number of unbranched alkanes of at least 4 members (excludes halogenated alkanes) is 16. The highest BCUT2D eigenvalue weighted by atomic mass is 31.2. The van der Waals surface area contributed by atoms with E-state index in [1.165, 1.54) is 38.5 Å². The standard InChI is InChI=1S/C42H74NO10P/c1-3-5-7-9-11-13-15-16-17-18-19-20-21-22-24-26-28-30-32-34-41(46)51-35-38(44)36-52-54(49,50)53-37-39(42(47)48)43-40(45)33-31-29-27-25-23-14-12-10-8-6-4-2/h10-13,16-17,19-20,38-39,44H,3-9,14-15,18,21-37H2,1-2H3,(H,43,45)(H,47,48)(H,49,50)/b12-10-,13-11-,17-16-,20-19-. The quantitative estimate of drug-likeness (QED) is 0.0205. The smallest absolute Gasteiger partial charge is 0.472 e. The first kappa shape index (κ1) is 51.4. The van der Waals surface area contributed by atoms with Crippen molar-refractivity contribution in [3.05, 3.63) is 48.6 Å². The number of hydrogen-bond donors (Lipinski definition) is 4. The highest BCUT2D eigenvalue weighted by Crippen LogP contribution is 2.43. The summed E-state index contributed by atoms with van der Waals surface area (Å²) >= 11 is 0. The van der Waals surface area contributed by atoms with Crippen LogP contribution >= 0.6 is 7.82 Å². The third kappa shape index (κ3) is 36.4. The molecule has 0 saturated carbocycles. The third-order valence-corrected chi connectivity index (χ3v) is 9.54. The van der Waals surface area contributed by atoms with Gasteiger partial charge in [-0.25, -0.2) is 9.36 Å². The van der Waals surface area contributed by atoms with Crippen molar-refractivity contribution < 1.29 is 47.8 Å². The number of allylic oxidation sites excluding steroid dienone is 8. The number of amides is 1. The van der Waals surface area contributed by atoms with E-state index in [4.69, 9.17) is 13.8 Å². The predicted octanol–water partition coefficient (Wildman–Crippen LogP) is 10.2. The number of ether oxygens (including phenoxy) is 1. The minimum absolute atomic E-state index is 0.133. The Morgan fingerprint density at radius 1 is 0.593 bits per heavy atom. The molecular weight excluding hydrogens is 709 g/mol. The number of aliphatic hydroxyl groups is 1. The number of carboxylic acids is 1. The second-order valence-electron chi connectivity index (χ2n) is 13.8. The van der Waals surface area contributed by atoms with Gasteiger partial charge in [0.15, 0.2) is 6.04 Å². The van der Waals surface area contributed by atoms with Crippen molar-refractivity contribution >= 4 is 25.7 Å². The molecule has 0 heterocycles. The maximum Gasteiger partial charge on any atom is 0.472 e. The summed E-state index contributed by atoms with van der Waals surface area (Å²) in [5, 5.41) is 21.7. The van der Waals surface area contributed by atoms with Crippen LogP contribution < -0.4 is 5.32 Å². The molecule has 0 aromatic heterocycles. The van der Waals surface area contributed by atoms with E-state index < -0.39 is 57.6 Å². The lowest BCUT2D eigenvalue weighted by Gasteiger charge is -2.18. The summed E-state index contributed by atoms with van der Waals surface area (Å²) in [5.74, 6) is -2.41. The van der Waals surface area contributed by atoms with Gasteiger partial charge in [-0.2, -0.15) is 0 Å². The van der Waals surface area contributed by atoms with Crippen LogP contribution in [0.4, 0.5) is 0 Å². The molecule has 12 heteroatoms. The monoisotopic (exact) mass is 784 g/mol. The Kier molecular flexibility index (Phi) is 35.6. The summed E-state index contributed by atoms with van der Waals surface area (Å²) in [5.41, 5.74) is 0. The Labute approximate surface area is 326 Å². The predicted molar refractivity (Wildman–Crippen MR) is 217 cm³/mol. The number of hydrogen-bond acceptors (Lipinski definition) is 8. The Hall–Kier alpha value is -2.56. The minimum Gasteiger partial charge on any atom is -0.480 e. The highest BCUT2D eigenvalue weighted by molar-refractivity contribution is 7.47. The normalized spacial score (nSPS) is 14.3. The average molecular weight is 784 g/mol. The summed E-state index contributed by atoms with van der Waals surface area (Å²) in [6.45, 7) is 2.48. The molecule has 1 amide bonds. The minimum atomic E-state index is -4.76. The van der Waals surface area contributed by atoms with Gasteiger partial charge in [0.25, 0.3) is 0 Å². The summed E-state index contributed by atoms with van der Waals surface area (Å²) in [6.07, 6.45) is 40.0. The first-order chi connectivity index (χ1) is 26.1. The van der Waals surface area contributed by atoms with E-state index in [-0.39, 0.29) is 12.8 Å². The summed E-state index contributed by atoms with van der Waals surface area (Å²) in [7, 11) is -4.76. The van der Waals surface area contributed by atoms with Crippen molar-refractivity contribution in [2.75, 3.05) is 19.8 Å². The Morgan fingerprint density at radius 2 is 1.04 bits per heavy atom. The molecule has 0 aromatic rings. The van der Waals surface area contributed by atoms with E-state index >= 15 is 0 Å². The van der Waals surface area contributed by atoms with Crippen LogP contribution in [0, 0.1) is 0 Å². The number of carbonyl (C=O) groups excluding carboxylic acids is 2. The third-order valence-electron chi connectivity index (χ3n) is 8.59. The highest BCUT2D eigenvalue weighted by Gasteiger charge is 2.28. The molecule has 54 heavy (non-hydrogen) atoms. The molecule has 0 rings (SSSR count). The van der Waals surface area contributed by atoms with Gasteiger partial charge in [-0.3, -0.25) is 18.6 Å². The lowest BCUT2D eigenvalue weighted by molar-refractivity contribution is -0.147. The van der Waals surface area contributed by atoms with E-state index in [9.17, 15) is 34.1 Å². The molecule has 0 bridgehead atoms. The van der Waals surface area contributed by atoms with Gasteiger partial charge in [0.05, 0.1) is 13.2 Å². The number of phosphoric acid groups is 1. The van der Waals surface area contributed by atoms with Gasteiger partial charge in [0, 0.05) is 12.8 Å². The lowest BCUT2D eigenvalue weighted by atomic mass is 10.1. The molecule has 4 N–H and O–H groups in total. The summed E-state index contributed by atoms with van der Waals surface area (Å²) < 4.78 is 26.7. The van der Waals surface area contributed by atoms with Crippen LogP contribution in [-0.2, 0) is 32.7 Å². The molecule has 312 valence electrons. The van der Waals surface area contributed by atoms with Gasteiger partial charge in [0.2, 0.25) is 5.91 Å². The zero-order valence-electron chi connectivity index (χ0n) is 33.5. The van der Waals surface area contributed by atoms with Gasteiger partial charge in [-0.05, 0) is 70.6 Å². The van der Waals surface area contributed by atoms with Crippen LogP contribution in [0.25, 0.3) is 0 Å². The van der Waals surface area contributed by atoms with Crippen molar-refractivity contribution in [3.8, 4) is 0 Å². The SMILES string of the molecule is CCCC/C=C\CCCCCCCC(=O)NC(COP(=O)(O)OCC(O)COC(=O)CCCCCCCC/C=C\C/C=C\C/C=C\CCCCC)C(=O)O. The molecule has 0 aliphatic carbocycles. The average Bonchev–Trinajstić information content (AvgIpc) is 3.14. The number of carboxylic acid groups (broad SMARTS) is 1. The van der Waals surface area contributed by atoms with Crippen LogP contribution in [0.1, 0.15) is 168 Å². The molecular formula is C42H74NO10P. The Bertz CT molecular complexity index is 1110. The van der Waals surface area contributed by atoms with Crippen molar-refractivity contribution in [2.24, 2.45) is 0 Å². The number of nitrogens with one attached hydrogen (secondary N) is 1. The van der Waals surface area contributed by atoms with Crippen LogP contribution in [-0.4, -0.2) is 64.9 Å². The summed E-state index contributed by atoms with van der Waals surface area (Å²) in [6, 6.07) is -1.55. The summed E-state index contributed by atoms with van der Waals surface area (Å²) in [4.78, 5) is 45.7. The van der Waals surface area contributed by atoms with Crippen molar-refractivity contribution in [3.63, 3.8) is 0 Å². The van der Waals surface area contributed by atoms with Gasteiger partial charge in [0.1, 0.15) is 12.7 Å². The molecule has 0 fully saturated rings. The van der Waals surface area contributed by atoms with Crippen molar-refractivity contribution in [1.29, 1.82) is 0 Å². The fourth-order valence-corrected chi connectivity index (χ4v) is 6.07. The number of rotatable bonds is 38. The number of esters is 1. The van der Waals surface area contributed by atoms with Crippen LogP contribution in [0.2, 0.25) is 0 Å². The molecule has 0 aromatic carbocycles. The number of phosphoric ester groups is 1. The van der Waals surface area contributed by atoms with Crippen LogP contribution in [0.5, 0.6) is 0 Å². The molecule has 0 aliphatic heterocycles. The van der Waals surface area contributed by atoms with Crippen LogP contribution in [0.3, 0.4) is 0 Å². The number of aliphatic carboxylic acids is 1. The largest absolute Gasteiger partial charge is 0.480 e. The lowest BCUT2D eigenvalue weighted by Crippen LogP contribution is -2.43. The maximum absolute atomic E-state index is 12.2.